The third-order valence-corrected chi connectivity index (χ3v) is 6.06. The lowest BCUT2D eigenvalue weighted by molar-refractivity contribution is -0.124. The van der Waals surface area contributed by atoms with E-state index in [-0.39, 0.29) is 36.6 Å². The molecular formula is C25H23N3O4S. The van der Waals surface area contributed by atoms with Gasteiger partial charge in [0.05, 0.1) is 18.4 Å². The van der Waals surface area contributed by atoms with E-state index in [1.165, 1.54) is 0 Å². The molecule has 2 aromatic carbocycles. The third kappa shape index (κ3) is 5.53. The lowest BCUT2D eigenvalue weighted by Gasteiger charge is -2.13. The van der Waals surface area contributed by atoms with E-state index in [0.29, 0.717) is 10.7 Å². The fourth-order valence-corrected chi connectivity index (χ4v) is 4.26. The van der Waals surface area contributed by atoms with Gasteiger partial charge in [-0.25, -0.2) is 0 Å². The van der Waals surface area contributed by atoms with Gasteiger partial charge in [-0.1, -0.05) is 24.3 Å². The molecule has 7 nitrogen and oxygen atoms in total. The zero-order valence-corrected chi connectivity index (χ0v) is 18.9. The van der Waals surface area contributed by atoms with Gasteiger partial charge in [-0.3, -0.25) is 19.3 Å². The molecule has 1 aliphatic heterocycles. The van der Waals surface area contributed by atoms with Gasteiger partial charge in [-0.2, -0.15) is 0 Å². The molecule has 0 atom stereocenters. The van der Waals surface area contributed by atoms with Gasteiger partial charge in [-0.05, 0) is 65.4 Å². The molecule has 0 saturated carbocycles. The van der Waals surface area contributed by atoms with Crippen LogP contribution in [0.2, 0.25) is 0 Å². The highest BCUT2D eigenvalue weighted by Crippen LogP contribution is 2.32. The number of benzene rings is 2. The van der Waals surface area contributed by atoms with Gasteiger partial charge < -0.3 is 14.6 Å². The average molecular weight is 462 g/mol. The SMILES string of the molecule is COc1ccc(/C=C2\SC(=O)N(CCNC(=O)Cc3ccc(-n4cccc4)cc3)C2=O)cc1. The van der Waals surface area contributed by atoms with E-state index in [1.807, 2.05) is 65.5 Å². The van der Waals surface area contributed by atoms with Crippen molar-refractivity contribution < 1.29 is 19.1 Å². The minimum Gasteiger partial charge on any atom is -0.497 e. The van der Waals surface area contributed by atoms with Gasteiger partial charge in [0.15, 0.2) is 0 Å². The Morgan fingerprint density at radius 3 is 2.39 bits per heavy atom. The smallest absolute Gasteiger partial charge is 0.293 e. The van der Waals surface area contributed by atoms with Crippen molar-refractivity contribution in [2.24, 2.45) is 0 Å². The quantitative estimate of drug-likeness (QED) is 0.515. The number of carbonyl (C=O) groups is 3. The van der Waals surface area contributed by atoms with Crippen molar-refractivity contribution in [3.8, 4) is 11.4 Å². The Labute approximate surface area is 196 Å². The highest BCUT2D eigenvalue weighted by Gasteiger charge is 2.34. The molecule has 1 aliphatic rings. The van der Waals surface area contributed by atoms with Crippen LogP contribution in [0.25, 0.3) is 11.8 Å². The first-order valence-electron chi connectivity index (χ1n) is 10.4. The Bertz CT molecular complexity index is 1170. The van der Waals surface area contributed by atoms with Crippen LogP contribution in [0.4, 0.5) is 4.79 Å². The van der Waals surface area contributed by atoms with Gasteiger partial charge in [0.25, 0.3) is 11.1 Å². The number of hydrogen-bond donors (Lipinski definition) is 1. The summed E-state index contributed by atoms with van der Waals surface area (Å²) in [5.41, 5.74) is 2.71. The number of aromatic nitrogens is 1. The molecule has 3 amide bonds. The second-order valence-corrected chi connectivity index (χ2v) is 8.38. The van der Waals surface area contributed by atoms with Crippen LogP contribution in [0.3, 0.4) is 0 Å². The van der Waals surface area contributed by atoms with E-state index in [9.17, 15) is 14.4 Å². The zero-order valence-electron chi connectivity index (χ0n) is 18.1. The maximum atomic E-state index is 12.6. The molecule has 1 aromatic heterocycles. The molecule has 168 valence electrons. The van der Waals surface area contributed by atoms with Gasteiger partial charge in [-0.15, -0.1) is 0 Å². The number of hydrogen-bond acceptors (Lipinski definition) is 5. The predicted octanol–water partition coefficient (Wildman–Crippen LogP) is 3.88. The van der Waals surface area contributed by atoms with E-state index < -0.39 is 0 Å². The van der Waals surface area contributed by atoms with E-state index in [0.717, 1.165) is 33.5 Å². The van der Waals surface area contributed by atoms with E-state index in [4.69, 9.17) is 4.74 Å². The van der Waals surface area contributed by atoms with Crippen LogP contribution in [0, 0.1) is 0 Å². The molecule has 0 spiro atoms. The topological polar surface area (TPSA) is 80.6 Å². The summed E-state index contributed by atoms with van der Waals surface area (Å²) in [7, 11) is 1.58. The molecule has 4 rings (SSSR count). The summed E-state index contributed by atoms with van der Waals surface area (Å²) in [6.07, 6.45) is 5.82. The largest absolute Gasteiger partial charge is 0.497 e. The maximum Gasteiger partial charge on any atom is 0.293 e. The lowest BCUT2D eigenvalue weighted by atomic mass is 10.1. The molecule has 0 aliphatic carbocycles. The normalized spacial score (nSPS) is 14.7. The third-order valence-electron chi connectivity index (χ3n) is 5.15. The summed E-state index contributed by atoms with van der Waals surface area (Å²) < 4.78 is 7.11. The summed E-state index contributed by atoms with van der Waals surface area (Å²) in [6.45, 7) is 0.330. The number of thioether (sulfide) groups is 1. The van der Waals surface area contributed by atoms with Crippen LogP contribution < -0.4 is 10.1 Å². The van der Waals surface area contributed by atoms with Crippen LogP contribution in [0.1, 0.15) is 11.1 Å². The fourth-order valence-electron chi connectivity index (χ4n) is 3.39. The summed E-state index contributed by atoms with van der Waals surface area (Å²) >= 11 is 0.901. The Hall–Kier alpha value is -3.78. The molecule has 0 radical (unpaired) electrons. The molecule has 33 heavy (non-hydrogen) atoms. The average Bonchev–Trinajstić information content (AvgIpc) is 3.45. The second-order valence-electron chi connectivity index (χ2n) is 7.39. The molecule has 3 aromatic rings. The number of carbonyl (C=O) groups excluding carboxylic acids is 3. The van der Waals surface area contributed by atoms with Crippen LogP contribution in [-0.2, 0) is 16.0 Å². The molecule has 1 N–H and O–H groups in total. The molecule has 0 bridgehead atoms. The highest BCUT2D eigenvalue weighted by molar-refractivity contribution is 8.18. The lowest BCUT2D eigenvalue weighted by Crippen LogP contribution is -2.37. The number of methoxy groups -OCH3 is 1. The predicted molar refractivity (Wildman–Crippen MR) is 128 cm³/mol. The standard InChI is InChI=1S/C25H23N3O4S/c1-32-21-10-6-18(7-11-21)16-22-24(30)28(25(31)33-22)15-12-26-23(29)17-19-4-8-20(9-5-19)27-13-2-3-14-27/h2-11,13-14,16H,12,15,17H2,1H3,(H,26,29)/b22-16-. The van der Waals surface area contributed by atoms with E-state index in [2.05, 4.69) is 5.32 Å². The molecular weight excluding hydrogens is 438 g/mol. The van der Waals surface area contributed by atoms with Gasteiger partial charge >= 0.3 is 0 Å². The Balaban J connectivity index is 1.27. The second kappa shape index (κ2) is 10.2. The summed E-state index contributed by atoms with van der Waals surface area (Å²) in [5, 5.41) is 2.45. The monoisotopic (exact) mass is 461 g/mol. The Kier molecular flexibility index (Phi) is 6.95. The van der Waals surface area contributed by atoms with E-state index in [1.54, 1.807) is 25.3 Å². The fraction of sp³-hybridized carbons (Fsp3) is 0.160. The number of amides is 3. The summed E-state index contributed by atoms with van der Waals surface area (Å²) in [5.74, 6) is 0.202. The van der Waals surface area contributed by atoms with Crippen molar-refractivity contribution in [3.05, 3.63) is 89.1 Å². The van der Waals surface area contributed by atoms with Crippen molar-refractivity contribution in [1.29, 1.82) is 0 Å². The summed E-state index contributed by atoms with van der Waals surface area (Å²) in [6, 6.07) is 18.9. The van der Waals surface area contributed by atoms with Crippen molar-refractivity contribution in [1.82, 2.24) is 14.8 Å². The van der Waals surface area contributed by atoms with Crippen molar-refractivity contribution >= 4 is 34.9 Å². The first-order valence-corrected chi connectivity index (χ1v) is 11.2. The maximum absolute atomic E-state index is 12.6. The Morgan fingerprint density at radius 1 is 1.03 bits per heavy atom. The number of nitrogens with zero attached hydrogens (tertiary/aromatic N) is 2. The Morgan fingerprint density at radius 2 is 1.73 bits per heavy atom. The highest BCUT2D eigenvalue weighted by atomic mass is 32.2. The first kappa shape index (κ1) is 22.4. The van der Waals surface area contributed by atoms with Crippen molar-refractivity contribution in [2.45, 2.75) is 6.42 Å². The first-order chi connectivity index (χ1) is 16.0. The van der Waals surface area contributed by atoms with Gasteiger partial charge in [0.2, 0.25) is 5.91 Å². The number of rotatable bonds is 8. The number of imide groups is 1. The molecule has 1 fully saturated rings. The van der Waals surface area contributed by atoms with Crippen LogP contribution in [0.5, 0.6) is 5.75 Å². The number of nitrogens with one attached hydrogen (secondary N) is 1. The van der Waals surface area contributed by atoms with Gasteiger partial charge in [0, 0.05) is 31.2 Å². The van der Waals surface area contributed by atoms with Crippen molar-refractivity contribution in [3.63, 3.8) is 0 Å². The van der Waals surface area contributed by atoms with Crippen LogP contribution >= 0.6 is 11.8 Å². The van der Waals surface area contributed by atoms with Crippen LogP contribution in [-0.4, -0.2) is 46.7 Å². The molecule has 1 saturated heterocycles. The van der Waals surface area contributed by atoms with Crippen molar-refractivity contribution in [2.75, 3.05) is 20.2 Å². The van der Waals surface area contributed by atoms with Crippen LogP contribution in [0.15, 0.2) is 78.0 Å². The minimum atomic E-state index is -0.351. The summed E-state index contributed by atoms with van der Waals surface area (Å²) in [4.78, 5) is 38.7. The molecule has 2 heterocycles. The zero-order chi connectivity index (χ0) is 23.2. The van der Waals surface area contributed by atoms with Gasteiger partial charge in [0.1, 0.15) is 5.75 Å². The minimum absolute atomic E-state index is 0.128. The number of ether oxygens (including phenoxy) is 1. The van der Waals surface area contributed by atoms with E-state index >= 15 is 0 Å². The molecule has 8 heteroatoms. The molecule has 0 unspecified atom stereocenters.